The van der Waals surface area contributed by atoms with Gasteiger partial charge in [-0.2, -0.15) is 0 Å². The van der Waals surface area contributed by atoms with Gasteiger partial charge < -0.3 is 29.9 Å². The monoisotopic (exact) mass is 652 g/mol. The third kappa shape index (κ3) is 15.3. The lowest BCUT2D eigenvalue weighted by molar-refractivity contribution is -0.253. The molecule has 1 fully saturated rings. The van der Waals surface area contributed by atoms with Crippen LogP contribution in [0, 0.1) is 0 Å². The van der Waals surface area contributed by atoms with E-state index in [9.17, 15) is 14.7 Å². The van der Waals surface area contributed by atoms with Crippen LogP contribution < -0.4 is 5.32 Å². The Morgan fingerprint density at radius 2 is 1.43 bits per heavy atom. The Balaban J connectivity index is 1.73. The topological polar surface area (TPSA) is 108 Å². The first-order valence-electron chi connectivity index (χ1n) is 18.3. The molecule has 1 amide bonds. The van der Waals surface area contributed by atoms with E-state index in [2.05, 4.69) is 24.1 Å². The van der Waals surface area contributed by atoms with E-state index in [4.69, 9.17) is 14.6 Å². The number of rotatable bonds is 24. The SMILES string of the molecule is CCCCCCCCN(CCCCCCCC)CC1CC(c2ccc(CO)cc2)OC(c2cccc(NC(=O)CCCC(=O)O)c2)O1. The predicted octanol–water partition coefficient (Wildman–Crippen LogP) is 8.94. The summed E-state index contributed by atoms with van der Waals surface area (Å²) in [6, 6.07) is 15.5. The molecule has 3 unspecified atom stereocenters. The molecule has 0 radical (unpaired) electrons. The Bertz CT molecular complexity index is 1140. The molecule has 1 saturated heterocycles. The van der Waals surface area contributed by atoms with Gasteiger partial charge in [-0.3, -0.25) is 9.59 Å². The number of hydrogen-bond donors (Lipinski definition) is 3. The van der Waals surface area contributed by atoms with Crippen LogP contribution in [0.3, 0.4) is 0 Å². The summed E-state index contributed by atoms with van der Waals surface area (Å²) in [5, 5.41) is 21.4. The minimum atomic E-state index is -0.904. The van der Waals surface area contributed by atoms with E-state index in [1.54, 1.807) is 0 Å². The summed E-state index contributed by atoms with van der Waals surface area (Å²) in [6.45, 7) is 7.51. The average molecular weight is 653 g/mol. The highest BCUT2D eigenvalue weighted by atomic mass is 16.7. The van der Waals surface area contributed by atoms with Crippen molar-refractivity contribution >= 4 is 17.6 Å². The van der Waals surface area contributed by atoms with E-state index in [1.165, 1.54) is 77.0 Å². The fourth-order valence-electron chi connectivity index (χ4n) is 6.23. The van der Waals surface area contributed by atoms with Crippen LogP contribution in [0.5, 0.6) is 0 Å². The van der Waals surface area contributed by atoms with E-state index in [0.717, 1.165) is 42.7 Å². The molecule has 3 N–H and O–H groups in total. The van der Waals surface area contributed by atoms with Gasteiger partial charge in [-0.25, -0.2) is 0 Å². The van der Waals surface area contributed by atoms with Crippen LogP contribution in [-0.4, -0.2) is 52.7 Å². The van der Waals surface area contributed by atoms with Gasteiger partial charge in [-0.05, 0) is 55.6 Å². The Hall–Kier alpha value is -2.78. The lowest BCUT2D eigenvalue weighted by atomic mass is 9.99. The molecule has 1 aliphatic rings. The number of carbonyl (C=O) groups excluding carboxylic acids is 1. The number of nitrogens with one attached hydrogen (secondary N) is 1. The van der Waals surface area contributed by atoms with E-state index >= 15 is 0 Å². The lowest BCUT2D eigenvalue weighted by Gasteiger charge is -2.38. The number of hydrogen-bond acceptors (Lipinski definition) is 6. The van der Waals surface area contributed by atoms with Gasteiger partial charge >= 0.3 is 5.97 Å². The van der Waals surface area contributed by atoms with Crippen LogP contribution in [-0.2, 0) is 25.7 Å². The zero-order chi connectivity index (χ0) is 33.7. The molecule has 1 heterocycles. The Morgan fingerprint density at radius 1 is 0.787 bits per heavy atom. The molecule has 1 aliphatic heterocycles. The maximum atomic E-state index is 12.5. The number of unbranched alkanes of at least 4 members (excludes halogenated alkanes) is 10. The van der Waals surface area contributed by atoms with Gasteiger partial charge in [-0.15, -0.1) is 0 Å². The standard InChI is InChI=1S/C39H60N2O6/c1-3-5-7-9-11-13-25-41(26-14-12-10-8-6-4-2)29-35-28-36(32-23-21-31(30-42)22-24-32)47-39(46-35)33-17-15-18-34(27-33)40-37(43)19-16-20-38(44)45/h15,17-18,21-24,27,35-36,39,42H,3-14,16,19-20,25-26,28-30H2,1-2H3,(H,40,43)(H,44,45). The minimum absolute atomic E-state index is 0.000827. The molecule has 8 nitrogen and oxygen atoms in total. The second-order valence-electron chi connectivity index (χ2n) is 13.1. The van der Waals surface area contributed by atoms with E-state index in [0.29, 0.717) is 12.1 Å². The van der Waals surface area contributed by atoms with Crippen molar-refractivity contribution in [2.75, 3.05) is 25.0 Å². The summed E-state index contributed by atoms with van der Waals surface area (Å²) >= 11 is 0. The van der Waals surface area contributed by atoms with Crippen molar-refractivity contribution in [3.63, 3.8) is 0 Å². The van der Waals surface area contributed by atoms with Crippen molar-refractivity contribution < 1.29 is 29.3 Å². The highest BCUT2D eigenvalue weighted by Gasteiger charge is 2.33. The molecule has 0 spiro atoms. The van der Waals surface area contributed by atoms with Crippen molar-refractivity contribution in [1.29, 1.82) is 0 Å². The molecular formula is C39H60N2O6. The molecule has 0 aromatic heterocycles. The first kappa shape index (κ1) is 38.7. The van der Waals surface area contributed by atoms with Crippen molar-refractivity contribution in [2.45, 2.75) is 142 Å². The quantitative estimate of drug-likeness (QED) is 0.0972. The number of aliphatic hydroxyl groups is 1. The Morgan fingerprint density at radius 3 is 2.04 bits per heavy atom. The zero-order valence-electron chi connectivity index (χ0n) is 29.0. The molecule has 2 aromatic carbocycles. The third-order valence-electron chi connectivity index (χ3n) is 8.97. The third-order valence-corrected chi connectivity index (χ3v) is 8.97. The van der Waals surface area contributed by atoms with Crippen LogP contribution in [0.1, 0.15) is 146 Å². The first-order chi connectivity index (χ1) is 22.9. The fourth-order valence-corrected chi connectivity index (χ4v) is 6.23. The number of ether oxygens (including phenoxy) is 2. The first-order valence-corrected chi connectivity index (χ1v) is 18.3. The van der Waals surface area contributed by atoms with E-state index < -0.39 is 12.3 Å². The molecule has 0 aliphatic carbocycles. The number of aliphatic hydroxyl groups excluding tert-OH is 1. The number of benzene rings is 2. The molecule has 2 aromatic rings. The molecule has 262 valence electrons. The van der Waals surface area contributed by atoms with Crippen molar-refractivity contribution in [1.82, 2.24) is 4.90 Å². The maximum Gasteiger partial charge on any atom is 0.303 e. The summed E-state index contributed by atoms with van der Waals surface area (Å²) in [5.74, 6) is -1.12. The largest absolute Gasteiger partial charge is 0.481 e. The Labute approximate surface area is 283 Å². The van der Waals surface area contributed by atoms with Crippen LogP contribution in [0.25, 0.3) is 0 Å². The summed E-state index contributed by atoms with van der Waals surface area (Å²) in [4.78, 5) is 25.9. The van der Waals surface area contributed by atoms with E-state index in [-0.39, 0.29) is 37.6 Å². The van der Waals surface area contributed by atoms with Crippen LogP contribution in [0.15, 0.2) is 48.5 Å². The number of nitrogens with zero attached hydrogens (tertiary/aromatic N) is 1. The second kappa shape index (κ2) is 22.7. The summed E-state index contributed by atoms with van der Waals surface area (Å²) < 4.78 is 13.3. The normalized spacial score (nSPS) is 18.0. The van der Waals surface area contributed by atoms with Crippen molar-refractivity contribution in [3.05, 3.63) is 65.2 Å². The molecule has 8 heteroatoms. The zero-order valence-corrected chi connectivity index (χ0v) is 29.0. The van der Waals surface area contributed by atoms with Crippen molar-refractivity contribution in [2.24, 2.45) is 0 Å². The van der Waals surface area contributed by atoms with Gasteiger partial charge in [0.25, 0.3) is 0 Å². The molecule has 47 heavy (non-hydrogen) atoms. The van der Waals surface area contributed by atoms with Crippen molar-refractivity contribution in [3.8, 4) is 0 Å². The number of aliphatic carboxylic acids is 1. The lowest BCUT2D eigenvalue weighted by Crippen LogP contribution is -2.40. The van der Waals surface area contributed by atoms with E-state index in [1.807, 2.05) is 48.5 Å². The number of anilines is 1. The molecule has 0 bridgehead atoms. The molecule has 0 saturated carbocycles. The second-order valence-corrected chi connectivity index (χ2v) is 13.1. The number of carboxylic acid groups (broad SMARTS) is 1. The number of amides is 1. The molecular weight excluding hydrogens is 592 g/mol. The fraction of sp³-hybridized carbons (Fsp3) is 0.641. The van der Waals surface area contributed by atoms with Gasteiger partial charge in [0.15, 0.2) is 6.29 Å². The minimum Gasteiger partial charge on any atom is -0.481 e. The highest BCUT2D eigenvalue weighted by molar-refractivity contribution is 5.90. The number of carboxylic acids is 1. The van der Waals surface area contributed by atoms with Crippen LogP contribution in [0.4, 0.5) is 5.69 Å². The molecule has 3 atom stereocenters. The van der Waals surface area contributed by atoms with Gasteiger partial charge in [-0.1, -0.05) is 114 Å². The van der Waals surface area contributed by atoms with Gasteiger partial charge in [0.05, 0.1) is 18.8 Å². The maximum absolute atomic E-state index is 12.5. The average Bonchev–Trinajstić information content (AvgIpc) is 3.07. The van der Waals surface area contributed by atoms with Gasteiger partial charge in [0, 0.05) is 37.1 Å². The Kier molecular flexibility index (Phi) is 18.7. The predicted molar refractivity (Wildman–Crippen MR) is 188 cm³/mol. The summed E-state index contributed by atoms with van der Waals surface area (Å²) in [6.07, 6.45) is 15.6. The van der Waals surface area contributed by atoms with Crippen LogP contribution >= 0.6 is 0 Å². The van der Waals surface area contributed by atoms with Gasteiger partial charge in [0.1, 0.15) is 0 Å². The number of carbonyl (C=O) groups is 2. The summed E-state index contributed by atoms with van der Waals surface area (Å²) in [5.41, 5.74) is 3.38. The van der Waals surface area contributed by atoms with Gasteiger partial charge in [0.2, 0.25) is 5.91 Å². The smallest absolute Gasteiger partial charge is 0.303 e. The summed E-state index contributed by atoms with van der Waals surface area (Å²) in [7, 11) is 0. The highest BCUT2D eigenvalue weighted by Crippen LogP contribution is 2.38. The van der Waals surface area contributed by atoms with Crippen LogP contribution in [0.2, 0.25) is 0 Å². The molecule has 3 rings (SSSR count).